The summed E-state index contributed by atoms with van der Waals surface area (Å²) in [5, 5.41) is 3.61. The first-order valence-corrected chi connectivity index (χ1v) is 10.8. The summed E-state index contributed by atoms with van der Waals surface area (Å²) in [4.78, 5) is 27.3. The second-order valence-electron chi connectivity index (χ2n) is 6.99. The second-order valence-corrected chi connectivity index (χ2v) is 7.83. The molecule has 0 spiro atoms. The lowest BCUT2D eigenvalue weighted by Crippen LogP contribution is -2.48. The average Bonchev–Trinajstić information content (AvgIpc) is 2.78. The minimum Gasteiger partial charge on any atom is -0.493 e. The lowest BCUT2D eigenvalue weighted by atomic mass is 10.1. The number of carbonyl (C=O) groups excluding carboxylic acids is 2. The fourth-order valence-electron chi connectivity index (χ4n) is 3.35. The molecule has 0 fully saturated rings. The summed E-state index contributed by atoms with van der Waals surface area (Å²) in [6, 6.07) is 10.1. The van der Waals surface area contributed by atoms with Gasteiger partial charge in [0.1, 0.15) is 6.04 Å². The van der Waals surface area contributed by atoms with Crippen molar-refractivity contribution in [2.75, 3.05) is 21.3 Å². The van der Waals surface area contributed by atoms with Crippen molar-refractivity contribution in [3.8, 4) is 11.5 Å². The number of nitrogens with one attached hydrogen (secondary N) is 1. The fraction of sp³-hybridized carbons (Fsp3) is 0.391. The molecule has 2 rings (SSSR count). The number of likely N-dealkylation sites (N-methyl/N-ethyl adjacent to an activating group) is 1. The van der Waals surface area contributed by atoms with E-state index in [1.54, 1.807) is 44.4 Å². The van der Waals surface area contributed by atoms with Gasteiger partial charge in [-0.3, -0.25) is 9.59 Å². The standard InChI is InChI=1S/C23H28Cl2N2O4/c1-5-19(23(29)26-2)27(14-16-8-9-17(24)13-18(16)25)22(28)11-7-15-6-10-20(30-3)21(12-15)31-4/h6,8-10,12-13,19H,5,7,11,14H2,1-4H3,(H,26,29)/t19-/m0/s1. The maximum Gasteiger partial charge on any atom is 0.242 e. The highest BCUT2D eigenvalue weighted by Crippen LogP contribution is 2.28. The predicted octanol–water partition coefficient (Wildman–Crippen LogP) is 4.50. The van der Waals surface area contributed by atoms with Crippen molar-refractivity contribution >= 4 is 35.0 Å². The molecule has 0 aliphatic heterocycles. The van der Waals surface area contributed by atoms with E-state index >= 15 is 0 Å². The van der Waals surface area contributed by atoms with Crippen LogP contribution in [0.4, 0.5) is 0 Å². The molecule has 0 saturated carbocycles. The van der Waals surface area contributed by atoms with E-state index in [9.17, 15) is 9.59 Å². The SMILES string of the molecule is CC[C@@H](C(=O)NC)N(Cc1ccc(Cl)cc1Cl)C(=O)CCc1ccc(OC)c(OC)c1. The number of ether oxygens (including phenoxy) is 2. The molecule has 0 aliphatic rings. The minimum absolute atomic E-state index is 0.142. The zero-order chi connectivity index (χ0) is 23.0. The van der Waals surface area contributed by atoms with Gasteiger partial charge < -0.3 is 19.7 Å². The number of rotatable bonds is 10. The number of hydrogen-bond acceptors (Lipinski definition) is 4. The smallest absolute Gasteiger partial charge is 0.242 e. The number of methoxy groups -OCH3 is 2. The summed E-state index contributed by atoms with van der Waals surface area (Å²) < 4.78 is 10.6. The van der Waals surface area contributed by atoms with Gasteiger partial charge in [0.2, 0.25) is 11.8 Å². The van der Waals surface area contributed by atoms with Crippen LogP contribution in [-0.4, -0.2) is 44.0 Å². The van der Waals surface area contributed by atoms with Gasteiger partial charge in [-0.2, -0.15) is 0 Å². The minimum atomic E-state index is -0.602. The van der Waals surface area contributed by atoms with Crippen molar-refractivity contribution in [1.82, 2.24) is 10.2 Å². The molecule has 168 valence electrons. The fourth-order valence-corrected chi connectivity index (χ4v) is 3.82. The Morgan fingerprint density at radius 1 is 1.06 bits per heavy atom. The van der Waals surface area contributed by atoms with E-state index < -0.39 is 6.04 Å². The molecule has 0 heterocycles. The van der Waals surface area contributed by atoms with Gasteiger partial charge in [-0.1, -0.05) is 42.3 Å². The number of amides is 2. The molecule has 31 heavy (non-hydrogen) atoms. The zero-order valence-electron chi connectivity index (χ0n) is 18.2. The number of halogens is 2. The van der Waals surface area contributed by atoms with Crippen LogP contribution in [0.3, 0.4) is 0 Å². The van der Waals surface area contributed by atoms with E-state index in [1.807, 2.05) is 25.1 Å². The van der Waals surface area contributed by atoms with Gasteiger partial charge in [0, 0.05) is 30.1 Å². The van der Waals surface area contributed by atoms with Gasteiger partial charge in [-0.15, -0.1) is 0 Å². The van der Waals surface area contributed by atoms with Gasteiger partial charge in [0.05, 0.1) is 14.2 Å². The summed E-state index contributed by atoms with van der Waals surface area (Å²) >= 11 is 12.3. The number of nitrogens with zero attached hydrogens (tertiary/aromatic N) is 1. The van der Waals surface area contributed by atoms with E-state index in [4.69, 9.17) is 32.7 Å². The van der Waals surface area contributed by atoms with Crippen LogP contribution in [0.2, 0.25) is 10.0 Å². The van der Waals surface area contributed by atoms with Gasteiger partial charge in [0.15, 0.2) is 11.5 Å². The first-order valence-electron chi connectivity index (χ1n) is 10.00. The lowest BCUT2D eigenvalue weighted by Gasteiger charge is -2.30. The van der Waals surface area contributed by atoms with E-state index in [0.717, 1.165) is 11.1 Å². The summed E-state index contributed by atoms with van der Waals surface area (Å²) in [5.41, 5.74) is 1.66. The molecule has 0 aliphatic carbocycles. The molecule has 1 atom stereocenters. The maximum atomic E-state index is 13.2. The largest absolute Gasteiger partial charge is 0.493 e. The summed E-state index contributed by atoms with van der Waals surface area (Å²) in [5.74, 6) is 0.875. The highest BCUT2D eigenvalue weighted by Gasteiger charge is 2.28. The molecule has 1 N–H and O–H groups in total. The van der Waals surface area contributed by atoms with Gasteiger partial charge in [0.25, 0.3) is 0 Å². The Morgan fingerprint density at radius 2 is 1.77 bits per heavy atom. The van der Waals surface area contributed by atoms with Crippen LogP contribution in [0.5, 0.6) is 11.5 Å². The Hall–Kier alpha value is -2.44. The van der Waals surface area contributed by atoms with Gasteiger partial charge in [-0.25, -0.2) is 0 Å². The van der Waals surface area contributed by atoms with Crippen LogP contribution >= 0.6 is 23.2 Å². The molecule has 0 radical (unpaired) electrons. The molecule has 8 heteroatoms. The van der Waals surface area contributed by atoms with Crippen LogP contribution in [-0.2, 0) is 22.6 Å². The summed E-state index contributed by atoms with van der Waals surface area (Å²) in [7, 11) is 4.70. The van der Waals surface area contributed by atoms with Crippen LogP contribution in [0, 0.1) is 0 Å². The number of hydrogen-bond donors (Lipinski definition) is 1. The van der Waals surface area contributed by atoms with E-state index in [2.05, 4.69) is 5.32 Å². The molecule has 2 aromatic rings. The number of carbonyl (C=O) groups is 2. The van der Waals surface area contributed by atoms with Crippen molar-refractivity contribution in [2.45, 2.75) is 38.8 Å². The Labute approximate surface area is 193 Å². The molecule has 6 nitrogen and oxygen atoms in total. The lowest BCUT2D eigenvalue weighted by molar-refractivity contribution is -0.141. The molecular weight excluding hydrogens is 439 g/mol. The van der Waals surface area contributed by atoms with Crippen molar-refractivity contribution in [1.29, 1.82) is 0 Å². The molecule has 0 saturated heterocycles. The summed E-state index contributed by atoms with van der Waals surface area (Å²) in [6.07, 6.45) is 1.20. The highest BCUT2D eigenvalue weighted by molar-refractivity contribution is 6.35. The molecule has 2 aromatic carbocycles. The van der Waals surface area contributed by atoms with E-state index in [0.29, 0.717) is 34.4 Å². The van der Waals surface area contributed by atoms with Crippen LogP contribution in [0.1, 0.15) is 30.9 Å². The Balaban J connectivity index is 2.24. The van der Waals surface area contributed by atoms with Crippen LogP contribution in [0.15, 0.2) is 36.4 Å². The third-order valence-corrected chi connectivity index (χ3v) is 5.65. The van der Waals surface area contributed by atoms with Crippen LogP contribution in [0.25, 0.3) is 0 Å². The van der Waals surface area contributed by atoms with E-state index in [-0.39, 0.29) is 24.8 Å². The van der Waals surface area contributed by atoms with Crippen molar-refractivity contribution in [2.24, 2.45) is 0 Å². The third-order valence-electron chi connectivity index (χ3n) is 5.06. The molecular formula is C23H28Cl2N2O4. The maximum absolute atomic E-state index is 13.2. The number of aryl methyl sites for hydroxylation is 1. The van der Waals surface area contributed by atoms with E-state index in [1.165, 1.54) is 0 Å². The van der Waals surface area contributed by atoms with Crippen molar-refractivity contribution < 1.29 is 19.1 Å². The summed E-state index contributed by atoms with van der Waals surface area (Å²) in [6.45, 7) is 2.09. The molecule has 0 bridgehead atoms. The zero-order valence-corrected chi connectivity index (χ0v) is 19.7. The Kier molecular flexibility index (Phi) is 9.46. The Bertz CT molecular complexity index is 920. The quantitative estimate of drug-likeness (QED) is 0.559. The molecule has 2 amide bonds. The molecule has 0 unspecified atom stereocenters. The van der Waals surface area contributed by atoms with Gasteiger partial charge >= 0.3 is 0 Å². The third kappa shape index (κ3) is 6.52. The monoisotopic (exact) mass is 466 g/mol. The Morgan fingerprint density at radius 3 is 2.35 bits per heavy atom. The molecule has 0 aromatic heterocycles. The van der Waals surface area contributed by atoms with Crippen molar-refractivity contribution in [3.05, 3.63) is 57.6 Å². The number of benzene rings is 2. The average molecular weight is 467 g/mol. The first-order chi connectivity index (χ1) is 14.8. The first kappa shape index (κ1) is 24.8. The normalized spacial score (nSPS) is 11.5. The van der Waals surface area contributed by atoms with Crippen LogP contribution < -0.4 is 14.8 Å². The predicted molar refractivity (Wildman–Crippen MR) is 123 cm³/mol. The van der Waals surface area contributed by atoms with Crippen molar-refractivity contribution in [3.63, 3.8) is 0 Å². The van der Waals surface area contributed by atoms with Gasteiger partial charge in [-0.05, 0) is 48.2 Å². The second kappa shape index (κ2) is 11.8. The highest BCUT2D eigenvalue weighted by atomic mass is 35.5. The topological polar surface area (TPSA) is 67.9 Å².